The van der Waals surface area contributed by atoms with Crippen molar-refractivity contribution in [1.82, 2.24) is 9.80 Å². The molecule has 10 heteroatoms. The molecule has 0 bridgehead atoms. The number of thiol groups is 2. The van der Waals surface area contributed by atoms with Gasteiger partial charge in [0, 0.05) is 26.2 Å². The smallest absolute Gasteiger partial charge is 0.133 e. The van der Waals surface area contributed by atoms with Crippen LogP contribution in [0, 0.1) is 0 Å². The van der Waals surface area contributed by atoms with Crippen molar-refractivity contribution in [3.63, 3.8) is 0 Å². The van der Waals surface area contributed by atoms with E-state index in [0.717, 1.165) is 0 Å². The first kappa shape index (κ1) is 20.3. The molecule has 0 saturated heterocycles. The molecule has 0 aromatic rings. The monoisotopic (exact) mass is 360 g/mol. The second kappa shape index (κ2) is 11.0. The van der Waals surface area contributed by atoms with Crippen molar-refractivity contribution in [2.45, 2.75) is 12.2 Å². The number of hydrogen-bond acceptors (Lipinski definition) is 6. The highest BCUT2D eigenvalue weighted by Gasteiger charge is 2.23. The molecule has 0 aliphatic carbocycles. The maximum absolute atomic E-state index is 9.94. The van der Waals surface area contributed by atoms with Gasteiger partial charge < -0.3 is 30.2 Å². The second-order valence-corrected chi connectivity index (χ2v) is 6.26. The van der Waals surface area contributed by atoms with Crippen LogP contribution < -0.4 is 0 Å². The quantitative estimate of drug-likeness (QED) is 0.224. The van der Waals surface area contributed by atoms with Crippen LogP contribution in [0.25, 0.3) is 0 Å². The first-order valence-electron chi connectivity index (χ1n) is 5.87. The third-order valence-corrected chi connectivity index (χ3v) is 3.62. The summed E-state index contributed by atoms with van der Waals surface area (Å²) in [6, 6.07) is 0. The van der Waals surface area contributed by atoms with Crippen LogP contribution in [-0.4, -0.2) is 90.5 Å². The van der Waals surface area contributed by atoms with Crippen LogP contribution in [0.5, 0.6) is 0 Å². The summed E-state index contributed by atoms with van der Waals surface area (Å²) in [4.78, 5) is 2.95. The molecular formula is C10H20N2O4S4. The Bertz CT molecular complexity index is 292. The van der Waals surface area contributed by atoms with E-state index in [9.17, 15) is 10.2 Å². The van der Waals surface area contributed by atoms with Gasteiger partial charge in [0.05, 0.1) is 25.4 Å². The van der Waals surface area contributed by atoms with Crippen molar-refractivity contribution < 1.29 is 20.4 Å². The van der Waals surface area contributed by atoms with Gasteiger partial charge in [-0.3, -0.25) is 0 Å². The lowest BCUT2D eigenvalue weighted by Gasteiger charge is -2.30. The molecule has 0 spiro atoms. The first-order valence-corrected chi connectivity index (χ1v) is 7.58. The minimum absolute atomic E-state index is 0.0381. The van der Waals surface area contributed by atoms with Crippen LogP contribution in [0.4, 0.5) is 0 Å². The summed E-state index contributed by atoms with van der Waals surface area (Å²) in [5.41, 5.74) is 0. The van der Waals surface area contributed by atoms with Crippen LogP contribution in [0.2, 0.25) is 0 Å². The molecule has 6 nitrogen and oxygen atoms in total. The highest BCUT2D eigenvalue weighted by Crippen LogP contribution is 2.06. The summed E-state index contributed by atoms with van der Waals surface area (Å²) in [6.45, 7) is 0.239. The number of thiocarbonyl (C=S) groups is 2. The topological polar surface area (TPSA) is 87.4 Å². The predicted molar refractivity (Wildman–Crippen MR) is 92.5 cm³/mol. The Morgan fingerprint density at radius 3 is 1.35 bits per heavy atom. The van der Waals surface area contributed by atoms with E-state index in [1.807, 2.05) is 0 Å². The fourth-order valence-electron chi connectivity index (χ4n) is 1.47. The molecule has 4 N–H and O–H groups in total. The fourth-order valence-corrected chi connectivity index (χ4v) is 2.16. The second-order valence-electron chi connectivity index (χ2n) is 4.04. The standard InChI is InChI=1S/C10H20N2O4S4/c13-3-1-11(9(17)18)5-7(15)8(16)6-12(2-4-14)10(19)20/h7-8,13-16H,1-6H2,(H,17,18)(H,19,20). The van der Waals surface area contributed by atoms with Crippen molar-refractivity contribution in [3.8, 4) is 0 Å². The summed E-state index contributed by atoms with van der Waals surface area (Å²) < 4.78 is 0.449. The van der Waals surface area contributed by atoms with Crippen molar-refractivity contribution in [3.05, 3.63) is 0 Å². The minimum Gasteiger partial charge on any atom is -0.395 e. The molecule has 118 valence electrons. The Hall–Kier alpha value is 0.320. The van der Waals surface area contributed by atoms with E-state index in [4.69, 9.17) is 34.6 Å². The van der Waals surface area contributed by atoms with Gasteiger partial charge in [-0.05, 0) is 0 Å². The lowest BCUT2D eigenvalue weighted by Crippen LogP contribution is -2.47. The SMILES string of the molecule is OCCN(CC(O)C(O)CN(CCO)C(=S)S)C(=S)S. The number of hydrogen-bond donors (Lipinski definition) is 6. The molecule has 0 aliphatic heterocycles. The van der Waals surface area contributed by atoms with Gasteiger partial charge in [-0.15, -0.1) is 25.3 Å². The van der Waals surface area contributed by atoms with Crippen LogP contribution in [-0.2, 0) is 0 Å². The van der Waals surface area contributed by atoms with Crippen LogP contribution >= 0.6 is 49.7 Å². The van der Waals surface area contributed by atoms with Gasteiger partial charge in [0.15, 0.2) is 0 Å². The number of rotatable bonds is 9. The van der Waals surface area contributed by atoms with Crippen molar-refractivity contribution >= 4 is 58.3 Å². The zero-order valence-electron chi connectivity index (χ0n) is 10.8. The van der Waals surface area contributed by atoms with E-state index in [2.05, 4.69) is 25.3 Å². The summed E-state index contributed by atoms with van der Waals surface area (Å²) in [6.07, 6.45) is -2.20. The molecule has 0 aliphatic rings. The summed E-state index contributed by atoms with van der Waals surface area (Å²) in [5, 5.41) is 37.6. The van der Waals surface area contributed by atoms with E-state index >= 15 is 0 Å². The van der Waals surface area contributed by atoms with Gasteiger partial charge in [-0.1, -0.05) is 24.4 Å². The summed E-state index contributed by atoms with van der Waals surface area (Å²) in [7, 11) is 0. The summed E-state index contributed by atoms with van der Waals surface area (Å²) in [5.74, 6) is 0. The molecule has 0 saturated carbocycles. The Labute approximate surface area is 140 Å². The van der Waals surface area contributed by atoms with Crippen LogP contribution in [0.1, 0.15) is 0 Å². The molecule has 0 rings (SSSR count). The third kappa shape index (κ3) is 7.93. The Kier molecular flexibility index (Phi) is 11.1. The zero-order valence-corrected chi connectivity index (χ0v) is 14.2. The van der Waals surface area contributed by atoms with Gasteiger partial charge >= 0.3 is 0 Å². The van der Waals surface area contributed by atoms with Crippen molar-refractivity contribution in [2.75, 3.05) is 39.4 Å². The van der Waals surface area contributed by atoms with E-state index in [-0.39, 0.29) is 48.0 Å². The highest BCUT2D eigenvalue weighted by atomic mass is 32.1. The molecule has 2 unspecified atom stereocenters. The normalized spacial score (nSPS) is 13.7. The highest BCUT2D eigenvalue weighted by molar-refractivity contribution is 8.11. The van der Waals surface area contributed by atoms with Crippen molar-refractivity contribution in [2.24, 2.45) is 0 Å². The molecule has 0 aromatic heterocycles. The maximum Gasteiger partial charge on any atom is 0.133 e. The molecule has 0 aromatic carbocycles. The van der Waals surface area contributed by atoms with Crippen LogP contribution in [0.3, 0.4) is 0 Å². The van der Waals surface area contributed by atoms with Gasteiger partial charge in [-0.2, -0.15) is 0 Å². The summed E-state index contributed by atoms with van der Waals surface area (Å²) >= 11 is 17.7. The van der Waals surface area contributed by atoms with Crippen LogP contribution in [0.15, 0.2) is 0 Å². The Balaban J connectivity index is 4.47. The average molecular weight is 361 g/mol. The van der Waals surface area contributed by atoms with E-state index in [1.54, 1.807) is 0 Å². The average Bonchev–Trinajstić information content (AvgIpc) is 2.36. The molecule has 2 atom stereocenters. The maximum atomic E-state index is 9.94. The lowest BCUT2D eigenvalue weighted by molar-refractivity contribution is -0.00338. The van der Waals surface area contributed by atoms with E-state index in [0.29, 0.717) is 0 Å². The molecule has 0 amide bonds. The molecule has 0 heterocycles. The number of aliphatic hydroxyl groups excluding tert-OH is 4. The van der Waals surface area contributed by atoms with Crippen molar-refractivity contribution in [1.29, 1.82) is 0 Å². The van der Waals surface area contributed by atoms with Gasteiger partial charge in [0.2, 0.25) is 0 Å². The molecule has 20 heavy (non-hydrogen) atoms. The van der Waals surface area contributed by atoms with E-state index < -0.39 is 12.2 Å². The fraction of sp³-hybridized carbons (Fsp3) is 0.800. The first-order chi connectivity index (χ1) is 9.33. The molecular weight excluding hydrogens is 340 g/mol. The van der Waals surface area contributed by atoms with Gasteiger partial charge in [-0.25, -0.2) is 0 Å². The Morgan fingerprint density at radius 1 is 0.850 bits per heavy atom. The molecule has 0 radical (unpaired) electrons. The zero-order chi connectivity index (χ0) is 15.7. The predicted octanol–water partition coefficient (Wildman–Crippen LogP) is -1.27. The lowest BCUT2D eigenvalue weighted by atomic mass is 10.2. The Morgan fingerprint density at radius 2 is 1.15 bits per heavy atom. The van der Waals surface area contributed by atoms with E-state index in [1.165, 1.54) is 9.80 Å². The largest absolute Gasteiger partial charge is 0.395 e. The minimum atomic E-state index is -1.10. The van der Waals surface area contributed by atoms with Gasteiger partial charge in [0.1, 0.15) is 8.64 Å². The third-order valence-electron chi connectivity index (χ3n) is 2.54. The van der Waals surface area contributed by atoms with Gasteiger partial charge in [0.25, 0.3) is 0 Å². The number of nitrogens with zero attached hydrogens (tertiary/aromatic N) is 2. The number of aliphatic hydroxyl groups is 4. The molecule has 0 fully saturated rings.